The molecule has 0 radical (unpaired) electrons. The van der Waals surface area contributed by atoms with Gasteiger partial charge in [-0.15, -0.1) is 11.8 Å². The number of thioether (sulfide) groups is 1. The first-order valence-corrected chi connectivity index (χ1v) is 17.4. The van der Waals surface area contributed by atoms with Crippen LogP contribution in [0.3, 0.4) is 0 Å². The average Bonchev–Trinajstić information content (AvgIpc) is 3.66. The Bertz CT molecular complexity index is 2010. The molecule has 246 valence electrons. The molecule has 2 aromatic carbocycles. The molecule has 47 heavy (non-hydrogen) atoms. The van der Waals surface area contributed by atoms with E-state index in [2.05, 4.69) is 28.8 Å². The molecule has 5 aromatic rings. The lowest BCUT2D eigenvalue weighted by Gasteiger charge is -2.22. The van der Waals surface area contributed by atoms with Crippen LogP contribution < -0.4 is 15.4 Å². The summed E-state index contributed by atoms with van der Waals surface area (Å²) in [7, 11) is 7.30. The van der Waals surface area contributed by atoms with E-state index >= 15 is 0 Å². The summed E-state index contributed by atoms with van der Waals surface area (Å²) in [6.07, 6.45) is 3.47. The number of ether oxygens (including phenoxy) is 2. The van der Waals surface area contributed by atoms with Gasteiger partial charge in [0.15, 0.2) is 0 Å². The third kappa shape index (κ3) is 5.78. The number of anilines is 1. The number of hydrogen-bond donors (Lipinski definition) is 2. The van der Waals surface area contributed by atoms with Crippen LogP contribution in [0.4, 0.5) is 5.69 Å². The van der Waals surface area contributed by atoms with Crippen molar-refractivity contribution in [3.05, 3.63) is 75.0 Å². The van der Waals surface area contributed by atoms with E-state index in [1.54, 1.807) is 11.8 Å². The second kappa shape index (κ2) is 12.9. The molecule has 0 amide bonds. The molecule has 0 aliphatic carbocycles. The minimum absolute atomic E-state index is 0.376. The fourth-order valence-electron chi connectivity index (χ4n) is 7.10. The fraction of sp³-hybridized carbons (Fsp3) is 0.400. The van der Waals surface area contributed by atoms with Crippen LogP contribution in [0, 0.1) is 6.92 Å². The monoisotopic (exact) mass is 673 g/mol. The number of aryl methyl sites for hydroxylation is 6. The molecule has 0 saturated heterocycles. The summed E-state index contributed by atoms with van der Waals surface area (Å²) in [5.41, 5.74) is 10.5. The minimum Gasteiger partial charge on any atom is -0.491 e. The molecule has 2 aliphatic heterocycles. The molecule has 10 nitrogen and oxygen atoms in total. The number of esters is 1. The second-order valence-electron chi connectivity index (χ2n) is 12.3. The maximum Gasteiger partial charge on any atom is 0.354 e. The normalized spacial score (nSPS) is 15.4. The van der Waals surface area contributed by atoms with Gasteiger partial charge in [0.1, 0.15) is 11.4 Å². The highest BCUT2D eigenvalue weighted by atomic mass is 35.5. The van der Waals surface area contributed by atoms with Gasteiger partial charge in [-0.05, 0) is 68.0 Å². The van der Waals surface area contributed by atoms with Crippen molar-refractivity contribution >= 4 is 45.9 Å². The van der Waals surface area contributed by atoms with Crippen LogP contribution in [0.1, 0.15) is 57.2 Å². The number of hydrogen-bond acceptors (Lipinski definition) is 8. The van der Waals surface area contributed by atoms with Gasteiger partial charge in [0.2, 0.25) is 0 Å². The molecule has 3 aromatic heterocycles. The van der Waals surface area contributed by atoms with Gasteiger partial charge >= 0.3 is 5.97 Å². The topological polar surface area (TPSA) is 100 Å². The number of methoxy groups -OCH3 is 1. The zero-order valence-corrected chi connectivity index (χ0v) is 29.1. The fourth-order valence-corrected chi connectivity index (χ4v) is 8.35. The van der Waals surface area contributed by atoms with Crippen LogP contribution in [0.25, 0.3) is 22.0 Å². The quantitative estimate of drug-likeness (QED) is 0.199. The zero-order chi connectivity index (χ0) is 32.8. The molecule has 5 heterocycles. The number of carbonyl (C=O) groups is 1. The van der Waals surface area contributed by atoms with E-state index in [0.717, 1.165) is 86.9 Å². The van der Waals surface area contributed by atoms with Gasteiger partial charge in [0, 0.05) is 73.6 Å². The van der Waals surface area contributed by atoms with E-state index in [0.29, 0.717) is 43.3 Å². The summed E-state index contributed by atoms with van der Waals surface area (Å²) in [6.45, 7) is 4.60. The third-order valence-corrected chi connectivity index (χ3v) is 10.6. The predicted octanol–water partition coefficient (Wildman–Crippen LogP) is 6.33. The Morgan fingerprint density at radius 1 is 1.04 bits per heavy atom. The van der Waals surface area contributed by atoms with Gasteiger partial charge in [-0.3, -0.25) is 9.36 Å². The number of aromatic nitrogens is 5. The molecule has 0 spiro atoms. The number of nitrogens with one attached hydrogen (secondary N) is 2. The van der Waals surface area contributed by atoms with Crippen molar-refractivity contribution in [2.24, 2.45) is 21.1 Å². The first-order valence-electron chi connectivity index (χ1n) is 16.0. The van der Waals surface area contributed by atoms with Crippen molar-refractivity contribution in [3.63, 3.8) is 0 Å². The Hall–Kier alpha value is -3.93. The first kappa shape index (κ1) is 31.7. The Morgan fingerprint density at radius 2 is 1.89 bits per heavy atom. The summed E-state index contributed by atoms with van der Waals surface area (Å²) in [5.74, 6) is 1.30. The zero-order valence-electron chi connectivity index (χ0n) is 27.5. The van der Waals surface area contributed by atoms with Crippen molar-refractivity contribution in [2.45, 2.75) is 56.3 Å². The molecule has 12 heteroatoms. The van der Waals surface area contributed by atoms with Crippen LogP contribution in [0.15, 0.2) is 35.2 Å². The van der Waals surface area contributed by atoms with E-state index < -0.39 is 0 Å². The van der Waals surface area contributed by atoms with Crippen molar-refractivity contribution in [1.82, 2.24) is 29.4 Å². The highest BCUT2D eigenvalue weighted by Gasteiger charge is 2.28. The van der Waals surface area contributed by atoms with Gasteiger partial charge in [0.05, 0.1) is 47.0 Å². The molecule has 0 saturated carbocycles. The Kier molecular flexibility index (Phi) is 8.71. The molecule has 8 bridgehead atoms. The van der Waals surface area contributed by atoms with Gasteiger partial charge in [-0.25, -0.2) is 4.79 Å². The van der Waals surface area contributed by atoms with E-state index in [-0.39, 0.29) is 5.97 Å². The maximum atomic E-state index is 13.3. The lowest BCUT2D eigenvalue weighted by atomic mass is 9.98. The Morgan fingerprint density at radius 3 is 2.72 bits per heavy atom. The summed E-state index contributed by atoms with van der Waals surface area (Å²) < 4.78 is 17.6. The average molecular weight is 674 g/mol. The number of rotatable bonds is 1. The smallest absolute Gasteiger partial charge is 0.354 e. The molecule has 2 N–H and O–H groups in total. The van der Waals surface area contributed by atoms with Crippen molar-refractivity contribution in [1.29, 1.82) is 0 Å². The third-order valence-electron chi connectivity index (χ3n) is 9.30. The highest BCUT2D eigenvalue weighted by molar-refractivity contribution is 7.98. The summed E-state index contributed by atoms with van der Waals surface area (Å²) in [6, 6.07) is 10.6. The lowest BCUT2D eigenvalue weighted by Crippen LogP contribution is -2.16. The second-order valence-corrected chi connectivity index (χ2v) is 13.8. The number of carbonyl (C=O) groups excluding carboxylic acids is 1. The first-order chi connectivity index (χ1) is 22.7. The van der Waals surface area contributed by atoms with Gasteiger partial charge in [0.25, 0.3) is 0 Å². The SMILES string of the molecule is COC(=O)c1c2c3ccc(Cl)c(c3n1C)-c1c(C)nn(C)c1CNCc1cc(n(C)n1)CSc1cc3c(c(c1)OCCC2)NCCC3. The molecule has 7 rings (SSSR count). The summed E-state index contributed by atoms with van der Waals surface area (Å²) >= 11 is 8.84. The van der Waals surface area contributed by atoms with E-state index in [1.807, 2.05) is 54.1 Å². The standard InChI is InChI=1S/C35H40ClN7O3S/c1-20-30-28(43(4)39-20)18-37-17-22-15-23(42(3)40-22)19-47-24-14-21-8-6-12-38-32(21)29(16-24)46-13-7-9-25-26-10-11-27(36)31(30)33(26)41(2)34(25)35(44)45-5/h10-11,14-16,37-38H,6-9,12-13,17-19H2,1-5H3. The molecule has 0 fully saturated rings. The lowest BCUT2D eigenvalue weighted by molar-refractivity contribution is 0.0589. The van der Waals surface area contributed by atoms with E-state index in [1.165, 1.54) is 17.6 Å². The molecule has 0 unspecified atom stereocenters. The van der Waals surface area contributed by atoms with E-state index in [9.17, 15) is 4.79 Å². The Balaban J connectivity index is 1.35. The van der Waals surface area contributed by atoms with Crippen molar-refractivity contribution in [2.75, 3.05) is 25.6 Å². The van der Waals surface area contributed by atoms with Crippen LogP contribution in [0.2, 0.25) is 5.02 Å². The minimum atomic E-state index is -0.376. The number of benzene rings is 2. The van der Waals surface area contributed by atoms with E-state index in [4.69, 9.17) is 31.3 Å². The largest absolute Gasteiger partial charge is 0.491 e. The summed E-state index contributed by atoms with van der Waals surface area (Å²) in [5, 5.41) is 18.4. The van der Waals surface area contributed by atoms with Gasteiger partial charge in [-0.1, -0.05) is 17.7 Å². The maximum absolute atomic E-state index is 13.3. The molecule has 0 atom stereocenters. The summed E-state index contributed by atoms with van der Waals surface area (Å²) in [4.78, 5) is 14.5. The van der Waals surface area contributed by atoms with Gasteiger partial charge in [-0.2, -0.15) is 10.2 Å². The van der Waals surface area contributed by atoms with Crippen LogP contribution in [-0.4, -0.2) is 50.4 Å². The molecular weight excluding hydrogens is 634 g/mol. The number of halogens is 1. The Labute approximate surface area is 283 Å². The van der Waals surface area contributed by atoms with Crippen LogP contribution in [-0.2, 0) is 57.6 Å². The molecule has 2 aliphatic rings. The highest BCUT2D eigenvalue weighted by Crippen LogP contribution is 2.42. The number of nitrogens with zero attached hydrogens (tertiary/aromatic N) is 5. The predicted molar refractivity (Wildman–Crippen MR) is 187 cm³/mol. The van der Waals surface area contributed by atoms with Crippen molar-refractivity contribution < 1.29 is 14.3 Å². The van der Waals surface area contributed by atoms with Crippen molar-refractivity contribution in [3.8, 4) is 16.9 Å². The van der Waals surface area contributed by atoms with Gasteiger partial charge < -0.3 is 24.7 Å². The molecular formula is C35H40ClN7O3S. The van der Waals surface area contributed by atoms with Crippen LogP contribution >= 0.6 is 23.4 Å². The van der Waals surface area contributed by atoms with Crippen LogP contribution in [0.5, 0.6) is 5.75 Å². The number of fused-ring (bicyclic) bond motifs is 8.